The predicted octanol–water partition coefficient (Wildman–Crippen LogP) is 3.54. The maximum absolute atomic E-state index is 11.9. The zero-order chi connectivity index (χ0) is 16.6. The number of carbonyl (C=O) groups excluding carboxylic acids is 1. The summed E-state index contributed by atoms with van der Waals surface area (Å²) in [6, 6.07) is 7.72. The summed E-state index contributed by atoms with van der Waals surface area (Å²) in [5, 5.41) is 2.90. The number of amides is 1. The van der Waals surface area contributed by atoms with Gasteiger partial charge in [0.2, 0.25) is 0 Å². The van der Waals surface area contributed by atoms with E-state index in [-0.39, 0.29) is 6.04 Å². The molecule has 0 saturated heterocycles. The summed E-state index contributed by atoms with van der Waals surface area (Å²) in [5.74, 6) is 3.42. The van der Waals surface area contributed by atoms with E-state index >= 15 is 0 Å². The first-order chi connectivity index (χ1) is 10.3. The van der Waals surface area contributed by atoms with Crippen LogP contribution in [-0.4, -0.2) is 24.8 Å². The van der Waals surface area contributed by atoms with Gasteiger partial charge < -0.3 is 14.8 Å². The first-order valence-electron chi connectivity index (χ1n) is 7.40. The van der Waals surface area contributed by atoms with Gasteiger partial charge in [-0.15, -0.1) is 12.3 Å². The van der Waals surface area contributed by atoms with Crippen molar-refractivity contribution in [2.24, 2.45) is 0 Å². The first-order valence-corrected chi connectivity index (χ1v) is 7.40. The number of carbonyl (C=O) groups is 1. The van der Waals surface area contributed by atoms with E-state index in [9.17, 15) is 4.79 Å². The smallest absolute Gasteiger partial charge is 0.407 e. The van der Waals surface area contributed by atoms with Gasteiger partial charge in [0.1, 0.15) is 11.4 Å². The van der Waals surface area contributed by atoms with Gasteiger partial charge >= 0.3 is 6.09 Å². The van der Waals surface area contributed by atoms with Gasteiger partial charge in [-0.05, 0) is 51.3 Å². The Balaban J connectivity index is 2.66. The van der Waals surface area contributed by atoms with E-state index in [1.54, 1.807) is 7.11 Å². The van der Waals surface area contributed by atoms with Crippen molar-refractivity contribution in [3.05, 3.63) is 29.8 Å². The molecule has 0 unspecified atom stereocenters. The van der Waals surface area contributed by atoms with Crippen molar-refractivity contribution in [2.45, 2.75) is 51.7 Å². The number of hydrogen-bond donors (Lipinski definition) is 1. The molecule has 4 heteroatoms. The molecule has 0 aromatic heterocycles. The van der Waals surface area contributed by atoms with Crippen LogP contribution in [0.15, 0.2) is 24.3 Å². The van der Waals surface area contributed by atoms with Crippen LogP contribution in [0, 0.1) is 12.3 Å². The number of hydrogen-bond acceptors (Lipinski definition) is 3. The molecule has 4 nitrogen and oxygen atoms in total. The van der Waals surface area contributed by atoms with E-state index in [2.05, 4.69) is 11.2 Å². The molecule has 0 aliphatic carbocycles. The molecular weight excluding hydrogens is 278 g/mol. The molecule has 0 saturated carbocycles. The highest BCUT2D eigenvalue weighted by Gasteiger charge is 2.19. The van der Waals surface area contributed by atoms with Crippen molar-refractivity contribution in [3.63, 3.8) is 0 Å². The van der Waals surface area contributed by atoms with E-state index in [1.807, 2.05) is 45.0 Å². The van der Waals surface area contributed by atoms with Crippen molar-refractivity contribution < 1.29 is 14.3 Å². The predicted molar refractivity (Wildman–Crippen MR) is 87.9 cm³/mol. The summed E-state index contributed by atoms with van der Waals surface area (Å²) in [5.41, 5.74) is 0.597. The van der Waals surface area contributed by atoms with Crippen LogP contribution < -0.4 is 10.1 Å². The molecule has 0 radical (unpaired) electrons. The number of methoxy groups -OCH3 is 1. The minimum absolute atomic E-state index is 0.0562. The Morgan fingerprint density at radius 3 is 2.45 bits per heavy atom. The molecular formula is C18H25NO3. The fourth-order valence-corrected chi connectivity index (χ4v) is 2.00. The van der Waals surface area contributed by atoms with Crippen LogP contribution in [0.5, 0.6) is 5.75 Å². The maximum Gasteiger partial charge on any atom is 0.407 e. The first kappa shape index (κ1) is 17.9. The molecule has 0 fully saturated rings. The topological polar surface area (TPSA) is 47.6 Å². The number of nitrogens with one attached hydrogen (secondary N) is 1. The van der Waals surface area contributed by atoms with Crippen molar-refractivity contribution in [3.8, 4) is 18.1 Å². The average molecular weight is 303 g/mol. The molecule has 0 aliphatic rings. The van der Waals surface area contributed by atoms with Gasteiger partial charge in [0, 0.05) is 12.5 Å². The van der Waals surface area contributed by atoms with Crippen LogP contribution in [-0.2, 0) is 11.2 Å². The van der Waals surface area contributed by atoms with Gasteiger partial charge in [0.25, 0.3) is 0 Å². The second-order valence-corrected chi connectivity index (χ2v) is 6.14. The zero-order valence-corrected chi connectivity index (χ0v) is 13.8. The lowest BCUT2D eigenvalue weighted by atomic mass is 10.0. The number of alkyl carbamates (subject to hydrolysis) is 1. The van der Waals surface area contributed by atoms with Crippen LogP contribution >= 0.6 is 0 Å². The quantitative estimate of drug-likeness (QED) is 0.818. The van der Waals surface area contributed by atoms with Gasteiger partial charge in [0.05, 0.1) is 7.11 Å². The fourth-order valence-electron chi connectivity index (χ4n) is 2.00. The largest absolute Gasteiger partial charge is 0.497 e. The molecule has 1 aromatic carbocycles. The zero-order valence-electron chi connectivity index (χ0n) is 13.8. The Kier molecular flexibility index (Phi) is 6.78. The summed E-state index contributed by atoms with van der Waals surface area (Å²) in [6.45, 7) is 5.52. The molecule has 0 heterocycles. The van der Waals surface area contributed by atoms with Crippen LogP contribution in [0.4, 0.5) is 4.79 Å². The van der Waals surface area contributed by atoms with Gasteiger partial charge in [-0.2, -0.15) is 0 Å². The van der Waals surface area contributed by atoms with Gasteiger partial charge in [-0.3, -0.25) is 0 Å². The van der Waals surface area contributed by atoms with Gasteiger partial charge in [-0.25, -0.2) is 4.79 Å². The molecule has 1 amide bonds. The lowest BCUT2D eigenvalue weighted by Crippen LogP contribution is -2.40. The Hall–Kier alpha value is -2.15. The van der Waals surface area contributed by atoms with Gasteiger partial charge in [0.15, 0.2) is 0 Å². The number of rotatable bonds is 6. The summed E-state index contributed by atoms with van der Waals surface area (Å²) in [4.78, 5) is 11.9. The highest BCUT2D eigenvalue weighted by Crippen LogP contribution is 2.15. The van der Waals surface area contributed by atoms with E-state index in [0.29, 0.717) is 19.3 Å². The second-order valence-electron chi connectivity index (χ2n) is 6.14. The summed E-state index contributed by atoms with van der Waals surface area (Å²) >= 11 is 0. The molecule has 1 N–H and O–H groups in total. The Bertz CT molecular complexity index is 509. The van der Waals surface area contributed by atoms with E-state index in [4.69, 9.17) is 15.9 Å². The van der Waals surface area contributed by atoms with Crippen molar-refractivity contribution in [1.29, 1.82) is 0 Å². The third-order valence-corrected chi connectivity index (χ3v) is 3.00. The third kappa shape index (κ3) is 7.03. The Labute approximate surface area is 133 Å². The minimum atomic E-state index is -0.513. The minimum Gasteiger partial charge on any atom is -0.497 e. The monoisotopic (exact) mass is 303 g/mol. The molecule has 22 heavy (non-hydrogen) atoms. The lowest BCUT2D eigenvalue weighted by molar-refractivity contribution is 0.0502. The van der Waals surface area contributed by atoms with E-state index in [0.717, 1.165) is 11.3 Å². The van der Waals surface area contributed by atoms with Gasteiger partial charge in [-0.1, -0.05) is 12.1 Å². The van der Waals surface area contributed by atoms with Crippen molar-refractivity contribution in [2.75, 3.05) is 7.11 Å². The highest BCUT2D eigenvalue weighted by atomic mass is 16.6. The molecule has 1 rings (SSSR count). The normalized spacial score (nSPS) is 12.1. The molecule has 0 spiro atoms. The van der Waals surface area contributed by atoms with Crippen LogP contribution in [0.1, 0.15) is 39.2 Å². The van der Waals surface area contributed by atoms with Crippen LogP contribution in [0.25, 0.3) is 0 Å². The van der Waals surface area contributed by atoms with E-state index in [1.165, 1.54) is 0 Å². The number of ether oxygens (including phenoxy) is 2. The van der Waals surface area contributed by atoms with Crippen molar-refractivity contribution in [1.82, 2.24) is 5.32 Å². The second kappa shape index (κ2) is 8.33. The summed E-state index contributed by atoms with van der Waals surface area (Å²) in [7, 11) is 1.63. The lowest BCUT2D eigenvalue weighted by Gasteiger charge is -2.23. The summed E-state index contributed by atoms with van der Waals surface area (Å²) < 4.78 is 10.4. The molecule has 1 aromatic rings. The standard InChI is InChI=1S/C18H25NO3/c1-6-7-8-15(19-17(20)22-18(2,3)4)13-14-9-11-16(21-5)12-10-14/h1,9-12,15H,7-8,13H2,2-5H3,(H,19,20)/t15-/m0/s1. The SMILES string of the molecule is C#CCC[C@@H](Cc1ccc(OC)cc1)NC(=O)OC(C)(C)C. The Morgan fingerprint density at radius 2 is 1.95 bits per heavy atom. The molecule has 0 bridgehead atoms. The number of terminal acetylenes is 1. The molecule has 0 aliphatic heterocycles. The third-order valence-electron chi connectivity index (χ3n) is 3.00. The highest BCUT2D eigenvalue weighted by molar-refractivity contribution is 5.68. The van der Waals surface area contributed by atoms with Crippen molar-refractivity contribution >= 4 is 6.09 Å². The molecule has 120 valence electrons. The maximum atomic E-state index is 11.9. The van der Waals surface area contributed by atoms with Crippen LogP contribution in [0.3, 0.4) is 0 Å². The molecule has 1 atom stereocenters. The fraction of sp³-hybridized carbons (Fsp3) is 0.500. The Morgan fingerprint density at radius 1 is 1.32 bits per heavy atom. The van der Waals surface area contributed by atoms with E-state index < -0.39 is 11.7 Å². The average Bonchev–Trinajstić information content (AvgIpc) is 2.43. The van der Waals surface area contributed by atoms with Crippen LogP contribution in [0.2, 0.25) is 0 Å². The summed E-state index contributed by atoms with van der Waals surface area (Å²) in [6.07, 6.45) is 6.93. The number of benzene rings is 1.